The number of rotatable bonds is 29. The van der Waals surface area contributed by atoms with Gasteiger partial charge in [0.1, 0.15) is 21.2 Å². The fourth-order valence-electron chi connectivity index (χ4n) is 10.7. The van der Waals surface area contributed by atoms with Crippen LogP contribution in [-0.2, 0) is 0 Å². The molecule has 0 saturated carbocycles. The maximum atomic E-state index is 13.7. The fourth-order valence-corrected chi connectivity index (χ4v) is 12.6. The molecule has 0 amide bonds. The Balaban J connectivity index is 0.993. The summed E-state index contributed by atoms with van der Waals surface area (Å²) in [5, 5.41) is 3.11. The van der Waals surface area contributed by atoms with Gasteiger partial charge < -0.3 is 13.7 Å². The first-order valence-corrected chi connectivity index (χ1v) is 29.6. The highest BCUT2D eigenvalue weighted by Gasteiger charge is 2.20. The molecular formula is C63H79N3O4S2. The minimum atomic E-state index is -0.372. The van der Waals surface area contributed by atoms with Crippen molar-refractivity contribution in [1.29, 1.82) is 0 Å². The van der Waals surface area contributed by atoms with Gasteiger partial charge in [0.05, 0.1) is 31.6 Å². The van der Waals surface area contributed by atoms with E-state index >= 15 is 0 Å². The maximum absolute atomic E-state index is 13.7. The quantitative estimate of drug-likeness (QED) is 0.0341. The van der Waals surface area contributed by atoms with Crippen LogP contribution in [0.2, 0.25) is 0 Å². The Morgan fingerprint density at radius 1 is 0.500 bits per heavy atom. The summed E-state index contributed by atoms with van der Waals surface area (Å²) < 4.78 is 14.2. The van der Waals surface area contributed by atoms with E-state index in [9.17, 15) is 9.59 Å². The number of thiazole rings is 2. The van der Waals surface area contributed by atoms with Crippen LogP contribution in [0.15, 0.2) is 103 Å². The normalized spacial score (nSPS) is 13.2. The van der Waals surface area contributed by atoms with E-state index in [-0.39, 0.29) is 11.3 Å². The predicted molar refractivity (Wildman–Crippen MR) is 310 cm³/mol. The zero-order valence-electron chi connectivity index (χ0n) is 44.2. The minimum absolute atomic E-state index is 0.354. The summed E-state index contributed by atoms with van der Waals surface area (Å²) in [5.74, 6) is 1.93. The highest BCUT2D eigenvalue weighted by atomic mass is 32.1. The van der Waals surface area contributed by atoms with Gasteiger partial charge in [0, 0.05) is 35.6 Å². The molecular weight excluding hydrogens is 927 g/mol. The molecule has 0 aliphatic heterocycles. The van der Waals surface area contributed by atoms with Gasteiger partial charge in [-0.25, -0.2) is 19.6 Å². The van der Waals surface area contributed by atoms with Crippen molar-refractivity contribution >= 4 is 70.7 Å². The van der Waals surface area contributed by atoms with Crippen LogP contribution in [0.1, 0.15) is 181 Å². The lowest BCUT2D eigenvalue weighted by Gasteiger charge is -2.29. The average molecular weight is 1010 g/mol. The Labute approximate surface area is 436 Å². The van der Waals surface area contributed by atoms with Crippen LogP contribution in [0.3, 0.4) is 0 Å². The van der Waals surface area contributed by atoms with Crippen molar-refractivity contribution in [1.82, 2.24) is 9.97 Å². The molecule has 72 heavy (non-hydrogen) atoms. The SMILES string of the molecule is CCCCCCC(CCCC(CC)CCCC)c1ccc2cc(-c3nc4cc(-c5ccc6sc(-c7cc8ccc(N(CCCCCC)CC(CC)CCCC)cc8oc7=O)nc6c5)ccc4s3)c(=O)oc2c1. The third kappa shape index (κ3) is 13.3. The molecule has 3 unspecified atom stereocenters. The number of anilines is 1. The van der Waals surface area contributed by atoms with Crippen LogP contribution >= 0.6 is 22.7 Å². The summed E-state index contributed by atoms with van der Waals surface area (Å²) in [6.45, 7) is 15.8. The van der Waals surface area contributed by atoms with Gasteiger partial charge in [-0.1, -0.05) is 169 Å². The van der Waals surface area contributed by atoms with E-state index in [1.807, 2.05) is 12.1 Å². The first-order valence-electron chi connectivity index (χ1n) is 27.9. The smallest absolute Gasteiger partial charge is 0.346 e. The number of aromatic nitrogens is 2. The topological polar surface area (TPSA) is 89.4 Å². The Kier molecular flexibility index (Phi) is 19.4. The van der Waals surface area contributed by atoms with Gasteiger partial charge in [-0.15, -0.1) is 22.7 Å². The summed E-state index contributed by atoms with van der Waals surface area (Å²) in [6, 6.07) is 29.3. The molecule has 3 atom stereocenters. The molecule has 0 saturated heterocycles. The number of nitrogens with zero attached hydrogens (tertiary/aromatic N) is 3. The second kappa shape index (κ2) is 26.2. The van der Waals surface area contributed by atoms with Crippen LogP contribution in [0.5, 0.6) is 0 Å². The van der Waals surface area contributed by atoms with E-state index in [4.69, 9.17) is 18.8 Å². The van der Waals surface area contributed by atoms with Crippen molar-refractivity contribution in [3.05, 3.63) is 111 Å². The summed E-state index contributed by atoms with van der Waals surface area (Å²) in [4.78, 5) is 39.9. The number of fused-ring (bicyclic) bond motifs is 4. The number of hydrogen-bond acceptors (Lipinski definition) is 9. The van der Waals surface area contributed by atoms with Crippen LogP contribution < -0.4 is 16.2 Å². The summed E-state index contributed by atoms with van der Waals surface area (Å²) in [7, 11) is 0. The largest absolute Gasteiger partial charge is 0.422 e. The first kappa shape index (κ1) is 53.2. The van der Waals surface area contributed by atoms with Crippen molar-refractivity contribution in [2.75, 3.05) is 18.0 Å². The van der Waals surface area contributed by atoms with Gasteiger partial charge in [0.15, 0.2) is 0 Å². The summed E-state index contributed by atoms with van der Waals surface area (Å²) in [6.07, 6.45) is 24.8. The average Bonchev–Trinajstić information content (AvgIpc) is 4.03. The van der Waals surface area contributed by atoms with Gasteiger partial charge >= 0.3 is 11.3 Å². The molecule has 7 nitrogen and oxygen atoms in total. The maximum Gasteiger partial charge on any atom is 0.346 e. The molecule has 0 aliphatic carbocycles. The van der Waals surface area contributed by atoms with Crippen molar-refractivity contribution in [2.45, 2.75) is 176 Å². The van der Waals surface area contributed by atoms with E-state index < -0.39 is 0 Å². The molecule has 0 bridgehead atoms. The van der Waals surface area contributed by atoms with Crippen molar-refractivity contribution in [3.63, 3.8) is 0 Å². The van der Waals surface area contributed by atoms with E-state index in [1.165, 1.54) is 144 Å². The van der Waals surface area contributed by atoms with Crippen molar-refractivity contribution < 1.29 is 8.83 Å². The third-order valence-corrected chi connectivity index (χ3v) is 17.4. The van der Waals surface area contributed by atoms with Crippen LogP contribution in [0.4, 0.5) is 5.69 Å². The Bertz CT molecular complexity index is 3130. The monoisotopic (exact) mass is 1010 g/mol. The standard InChI is InChI=1S/C63H79N3O4S2/c1-7-13-17-19-25-45(26-21-24-43(11-5)22-15-9-3)48-27-28-49-36-52(62(67)69-56(49)40-48)60-64-54-38-46(30-33-58(54)71-60)47-31-34-59-55(39-47)65-61(72-59)53-37-50-29-32-51(41-57(50)70-63(53)68)66(35-20-18-14-8-2)42-44(12-6)23-16-10-4/h27-34,36-41,43-45H,7-26,35,42H2,1-6H3. The molecule has 0 fully saturated rings. The minimum Gasteiger partial charge on any atom is -0.422 e. The van der Waals surface area contributed by atoms with Gasteiger partial charge in [-0.3, -0.25) is 0 Å². The van der Waals surface area contributed by atoms with Crippen molar-refractivity contribution in [3.8, 4) is 32.3 Å². The zero-order valence-corrected chi connectivity index (χ0v) is 45.8. The van der Waals surface area contributed by atoms with Gasteiger partial charge in [0.2, 0.25) is 0 Å². The number of hydrogen-bond donors (Lipinski definition) is 0. The van der Waals surface area contributed by atoms with Crippen LogP contribution in [0.25, 0.3) is 74.6 Å². The molecule has 8 rings (SSSR count). The number of unbranched alkanes of at least 4 members (excludes halogenated alkanes) is 8. The van der Waals surface area contributed by atoms with E-state index in [2.05, 4.69) is 119 Å². The molecule has 0 N–H and O–H groups in total. The Hall–Kier alpha value is -5.12. The zero-order chi connectivity index (χ0) is 50.4. The highest BCUT2D eigenvalue weighted by molar-refractivity contribution is 7.22. The molecule has 0 radical (unpaired) electrons. The lowest BCUT2D eigenvalue weighted by atomic mass is 9.85. The predicted octanol–water partition coefficient (Wildman–Crippen LogP) is 19.2. The van der Waals surface area contributed by atoms with E-state index in [1.54, 1.807) is 0 Å². The molecule has 4 aromatic heterocycles. The second-order valence-electron chi connectivity index (χ2n) is 20.6. The highest BCUT2D eigenvalue weighted by Crippen LogP contribution is 2.38. The van der Waals surface area contributed by atoms with Gasteiger partial charge in [-0.2, -0.15) is 0 Å². The van der Waals surface area contributed by atoms with E-state index in [0.717, 1.165) is 79.9 Å². The Morgan fingerprint density at radius 3 is 1.61 bits per heavy atom. The molecule has 8 aromatic rings. The lowest BCUT2D eigenvalue weighted by Crippen LogP contribution is -2.30. The van der Waals surface area contributed by atoms with Crippen LogP contribution in [0, 0.1) is 11.8 Å². The molecule has 4 heterocycles. The second-order valence-corrected chi connectivity index (χ2v) is 22.7. The Morgan fingerprint density at radius 2 is 1.03 bits per heavy atom. The fraction of sp³-hybridized carbons (Fsp3) is 0.492. The molecule has 4 aromatic carbocycles. The molecule has 9 heteroatoms. The lowest BCUT2D eigenvalue weighted by molar-refractivity contribution is 0.389. The van der Waals surface area contributed by atoms with Crippen LogP contribution in [-0.4, -0.2) is 23.1 Å². The first-order chi connectivity index (χ1) is 35.2. The molecule has 0 spiro atoms. The molecule has 382 valence electrons. The van der Waals surface area contributed by atoms with Crippen molar-refractivity contribution in [2.24, 2.45) is 11.8 Å². The van der Waals surface area contributed by atoms with Gasteiger partial charge in [0.25, 0.3) is 0 Å². The van der Waals surface area contributed by atoms with E-state index in [0.29, 0.717) is 44.1 Å². The summed E-state index contributed by atoms with van der Waals surface area (Å²) in [5.41, 5.74) is 7.57. The number of benzene rings is 4. The van der Waals surface area contributed by atoms with Gasteiger partial charge in [-0.05, 0) is 115 Å². The summed E-state index contributed by atoms with van der Waals surface area (Å²) >= 11 is 3.01. The molecule has 0 aliphatic rings. The third-order valence-electron chi connectivity index (χ3n) is 15.3.